The monoisotopic (exact) mass is 543 g/mol. The van der Waals surface area contributed by atoms with Crippen molar-refractivity contribution in [1.29, 1.82) is 0 Å². The van der Waals surface area contributed by atoms with Crippen LogP contribution < -0.4 is 15.6 Å². The molecule has 5 rings (SSSR count). The molecule has 12 heteroatoms. The molecule has 1 aromatic heterocycles. The van der Waals surface area contributed by atoms with E-state index >= 15 is 0 Å². The van der Waals surface area contributed by atoms with E-state index in [1.165, 1.54) is 48.2 Å². The standard InChI is InChI=1S/C28H22FN5O6/c1-40-22-11-9-20(10-12-22)33-26(35)23(24(31-33)14-17-5-7-19(29)8-6-17)15-25-27(36)32(28(37)30-25)16-18-3-2-4-21(13-18)34(38)39/h2-13,15,31H,14,16H2,1H3,(H,30,37)/b25-15-. The molecular weight excluding hydrogens is 521 g/mol. The first-order valence-corrected chi connectivity index (χ1v) is 12.0. The van der Waals surface area contributed by atoms with E-state index in [1.807, 2.05) is 0 Å². The SMILES string of the molecule is COc1ccc(-n2[nH]c(Cc3ccc(F)cc3)c(/C=C3\NC(=O)N(Cc4cccc([N+](=O)[O-])c4)C3=O)c2=O)cc1. The number of hydrogen-bond acceptors (Lipinski definition) is 6. The van der Waals surface area contributed by atoms with Crippen LogP contribution >= 0.6 is 0 Å². The number of ether oxygens (including phenoxy) is 1. The molecular formula is C28H22FN5O6. The van der Waals surface area contributed by atoms with Gasteiger partial charge >= 0.3 is 6.03 Å². The van der Waals surface area contributed by atoms with E-state index in [0.717, 1.165) is 4.90 Å². The van der Waals surface area contributed by atoms with Crippen molar-refractivity contribution in [2.45, 2.75) is 13.0 Å². The molecule has 0 radical (unpaired) electrons. The highest BCUT2D eigenvalue weighted by Gasteiger charge is 2.34. The Morgan fingerprint density at radius 2 is 1.73 bits per heavy atom. The van der Waals surface area contributed by atoms with Gasteiger partial charge in [-0.05, 0) is 53.6 Å². The summed E-state index contributed by atoms with van der Waals surface area (Å²) in [5, 5.41) is 16.6. The van der Waals surface area contributed by atoms with E-state index in [9.17, 15) is 28.9 Å². The van der Waals surface area contributed by atoms with Crippen molar-refractivity contribution in [3.8, 4) is 11.4 Å². The van der Waals surface area contributed by atoms with Crippen molar-refractivity contribution in [3.63, 3.8) is 0 Å². The highest BCUT2D eigenvalue weighted by Crippen LogP contribution is 2.22. The molecule has 0 atom stereocenters. The molecule has 0 spiro atoms. The largest absolute Gasteiger partial charge is 0.497 e. The lowest BCUT2D eigenvalue weighted by Crippen LogP contribution is -2.30. The number of benzene rings is 3. The number of H-pyrrole nitrogens is 1. The first kappa shape index (κ1) is 26.1. The van der Waals surface area contributed by atoms with Crippen LogP contribution in [0.25, 0.3) is 11.8 Å². The van der Waals surface area contributed by atoms with E-state index in [-0.39, 0.29) is 29.9 Å². The number of urea groups is 1. The molecule has 2 heterocycles. The van der Waals surface area contributed by atoms with Gasteiger partial charge in [-0.25, -0.2) is 13.9 Å². The molecule has 1 aliphatic rings. The average molecular weight is 544 g/mol. The molecule has 11 nitrogen and oxygen atoms in total. The minimum Gasteiger partial charge on any atom is -0.497 e. The number of carbonyl (C=O) groups is 2. The third-order valence-corrected chi connectivity index (χ3v) is 6.34. The lowest BCUT2D eigenvalue weighted by atomic mass is 10.1. The van der Waals surface area contributed by atoms with Gasteiger partial charge in [0.1, 0.15) is 17.3 Å². The van der Waals surface area contributed by atoms with Gasteiger partial charge in [0.15, 0.2) is 0 Å². The Morgan fingerprint density at radius 3 is 2.40 bits per heavy atom. The smallest absolute Gasteiger partial charge is 0.329 e. The van der Waals surface area contributed by atoms with Gasteiger partial charge in [-0.3, -0.25) is 29.7 Å². The van der Waals surface area contributed by atoms with Crippen LogP contribution in [0.5, 0.6) is 5.75 Å². The summed E-state index contributed by atoms with van der Waals surface area (Å²) in [4.78, 5) is 50.8. The number of aromatic nitrogens is 2. The number of hydrogen-bond donors (Lipinski definition) is 2. The van der Waals surface area contributed by atoms with Gasteiger partial charge in [0.25, 0.3) is 17.2 Å². The zero-order chi connectivity index (χ0) is 28.4. The highest BCUT2D eigenvalue weighted by atomic mass is 19.1. The summed E-state index contributed by atoms with van der Waals surface area (Å²) < 4.78 is 19.9. The van der Waals surface area contributed by atoms with Gasteiger partial charge in [0, 0.05) is 24.2 Å². The fraction of sp³-hybridized carbons (Fsp3) is 0.107. The number of nitro benzene ring substituents is 1. The van der Waals surface area contributed by atoms with Gasteiger partial charge in [-0.15, -0.1) is 0 Å². The number of nitrogens with one attached hydrogen (secondary N) is 2. The Balaban J connectivity index is 1.51. The molecule has 2 N–H and O–H groups in total. The molecule has 0 saturated carbocycles. The Kier molecular flexibility index (Phi) is 6.98. The Labute approximate surface area is 226 Å². The van der Waals surface area contributed by atoms with Gasteiger partial charge in [-0.2, -0.15) is 0 Å². The van der Waals surface area contributed by atoms with E-state index in [2.05, 4.69) is 10.4 Å². The fourth-order valence-electron chi connectivity index (χ4n) is 4.31. The number of methoxy groups -OCH3 is 1. The molecule has 0 unspecified atom stereocenters. The van der Waals surface area contributed by atoms with Crippen molar-refractivity contribution < 1.29 is 23.6 Å². The second kappa shape index (κ2) is 10.7. The summed E-state index contributed by atoms with van der Waals surface area (Å²) in [6.45, 7) is -0.199. The molecule has 1 saturated heterocycles. The number of nitro groups is 1. The second-order valence-electron chi connectivity index (χ2n) is 8.95. The van der Waals surface area contributed by atoms with Crippen LogP contribution in [0, 0.1) is 15.9 Å². The maximum atomic E-state index is 13.5. The highest BCUT2D eigenvalue weighted by molar-refractivity contribution is 6.13. The quantitative estimate of drug-likeness (QED) is 0.150. The van der Waals surface area contributed by atoms with Crippen molar-refractivity contribution >= 4 is 23.7 Å². The first-order chi connectivity index (χ1) is 19.2. The fourth-order valence-corrected chi connectivity index (χ4v) is 4.31. The zero-order valence-corrected chi connectivity index (χ0v) is 21.1. The topological polar surface area (TPSA) is 140 Å². The van der Waals surface area contributed by atoms with E-state index in [0.29, 0.717) is 28.3 Å². The van der Waals surface area contributed by atoms with Gasteiger partial charge < -0.3 is 10.1 Å². The van der Waals surface area contributed by atoms with Crippen LogP contribution in [0.15, 0.2) is 83.3 Å². The number of amides is 3. The van der Waals surface area contributed by atoms with Crippen LogP contribution in [0.2, 0.25) is 0 Å². The third-order valence-electron chi connectivity index (χ3n) is 6.34. The normalized spacial score (nSPS) is 14.1. The molecule has 0 bridgehead atoms. The first-order valence-electron chi connectivity index (χ1n) is 12.0. The lowest BCUT2D eigenvalue weighted by molar-refractivity contribution is -0.384. The summed E-state index contributed by atoms with van der Waals surface area (Å²) in [7, 11) is 1.52. The predicted molar refractivity (Wildman–Crippen MR) is 142 cm³/mol. The maximum absolute atomic E-state index is 13.5. The Hall–Kier alpha value is -5.52. The zero-order valence-electron chi connectivity index (χ0n) is 21.1. The number of carbonyl (C=O) groups excluding carboxylic acids is 2. The van der Waals surface area contributed by atoms with E-state index in [4.69, 9.17) is 4.74 Å². The summed E-state index contributed by atoms with van der Waals surface area (Å²) in [6, 6.07) is 17.4. The molecule has 3 amide bonds. The van der Waals surface area contributed by atoms with Crippen molar-refractivity contribution in [1.82, 2.24) is 20.0 Å². The number of imide groups is 1. The molecule has 202 valence electrons. The van der Waals surface area contributed by atoms with E-state index in [1.54, 1.807) is 42.5 Å². The lowest BCUT2D eigenvalue weighted by Gasteiger charge is -2.11. The summed E-state index contributed by atoms with van der Waals surface area (Å²) in [5.74, 6) is -0.500. The molecule has 40 heavy (non-hydrogen) atoms. The number of nitrogens with zero attached hydrogens (tertiary/aromatic N) is 3. The van der Waals surface area contributed by atoms with Gasteiger partial charge in [-0.1, -0.05) is 24.3 Å². The second-order valence-corrected chi connectivity index (χ2v) is 8.95. The van der Waals surface area contributed by atoms with Gasteiger partial charge in [0.05, 0.1) is 29.8 Å². The predicted octanol–water partition coefficient (Wildman–Crippen LogP) is 3.91. The summed E-state index contributed by atoms with van der Waals surface area (Å²) in [5.41, 5.74) is 1.38. The van der Waals surface area contributed by atoms with Crippen LogP contribution in [0.3, 0.4) is 0 Å². The van der Waals surface area contributed by atoms with Crippen molar-refractivity contribution in [2.75, 3.05) is 7.11 Å². The van der Waals surface area contributed by atoms with Crippen LogP contribution in [0.4, 0.5) is 14.9 Å². The van der Waals surface area contributed by atoms with Crippen molar-refractivity contribution in [2.24, 2.45) is 0 Å². The third kappa shape index (κ3) is 5.23. The molecule has 1 aliphatic heterocycles. The number of aromatic amines is 1. The Bertz CT molecular complexity index is 1710. The van der Waals surface area contributed by atoms with Crippen LogP contribution in [-0.4, -0.2) is 38.7 Å². The maximum Gasteiger partial charge on any atom is 0.329 e. The molecule has 4 aromatic rings. The van der Waals surface area contributed by atoms with Gasteiger partial charge in [0.2, 0.25) is 0 Å². The number of non-ortho nitro benzene ring substituents is 1. The summed E-state index contributed by atoms with van der Waals surface area (Å²) >= 11 is 0. The van der Waals surface area contributed by atoms with Crippen molar-refractivity contribution in [3.05, 3.63) is 127 Å². The molecule has 3 aromatic carbocycles. The van der Waals surface area contributed by atoms with Crippen LogP contribution in [0.1, 0.15) is 22.4 Å². The summed E-state index contributed by atoms with van der Waals surface area (Å²) in [6.07, 6.45) is 1.50. The Morgan fingerprint density at radius 1 is 1.00 bits per heavy atom. The minimum absolute atomic E-state index is 0.126. The number of rotatable bonds is 8. The molecule has 1 fully saturated rings. The average Bonchev–Trinajstić information content (AvgIpc) is 3.40. The minimum atomic E-state index is -0.728. The molecule has 0 aliphatic carbocycles. The van der Waals surface area contributed by atoms with E-state index < -0.39 is 28.2 Å². The van der Waals surface area contributed by atoms with Crippen LogP contribution in [-0.2, 0) is 17.8 Å². The number of halogens is 1.